The van der Waals surface area contributed by atoms with Crippen LogP contribution in [0.1, 0.15) is 12.5 Å². The number of nitrogens with zero attached hydrogens (tertiary/aromatic N) is 1. The van der Waals surface area contributed by atoms with Crippen LogP contribution in [0, 0.1) is 0 Å². The molecule has 2 heterocycles. The summed E-state index contributed by atoms with van der Waals surface area (Å²) in [5.41, 5.74) is 1.96. The first kappa shape index (κ1) is 17.3. The number of halogens is 1. The number of oxazole rings is 1. The molecule has 0 unspecified atom stereocenters. The molecular weight excluding hydrogens is 370 g/mol. The molecule has 0 saturated heterocycles. The predicted octanol–water partition coefficient (Wildman–Crippen LogP) is 4.36. The summed E-state index contributed by atoms with van der Waals surface area (Å²) in [6.07, 6.45) is -0.0311. The SMILES string of the molecule is CCOC(=O)Cc1cc(=O)oc2cc3oc(-c4ccccc4Cl)nc3cc12. The Hall–Kier alpha value is -3.12. The first-order valence-electron chi connectivity index (χ1n) is 8.33. The van der Waals surface area contributed by atoms with Crippen molar-refractivity contribution in [3.8, 4) is 11.5 Å². The van der Waals surface area contributed by atoms with Crippen LogP contribution in [-0.2, 0) is 16.0 Å². The summed E-state index contributed by atoms with van der Waals surface area (Å²) < 4.78 is 16.0. The molecule has 0 aliphatic rings. The molecule has 0 spiro atoms. The summed E-state index contributed by atoms with van der Waals surface area (Å²) in [6.45, 7) is 2.00. The van der Waals surface area contributed by atoms with E-state index in [1.807, 2.05) is 12.1 Å². The van der Waals surface area contributed by atoms with E-state index < -0.39 is 11.6 Å². The van der Waals surface area contributed by atoms with Crippen molar-refractivity contribution in [3.63, 3.8) is 0 Å². The quantitative estimate of drug-likeness (QED) is 0.384. The van der Waals surface area contributed by atoms with Crippen LogP contribution in [-0.4, -0.2) is 17.6 Å². The molecule has 0 fully saturated rings. The van der Waals surface area contributed by atoms with Crippen molar-refractivity contribution >= 4 is 39.6 Å². The van der Waals surface area contributed by atoms with Gasteiger partial charge in [-0.1, -0.05) is 23.7 Å². The van der Waals surface area contributed by atoms with Crippen LogP contribution in [0.4, 0.5) is 0 Å². The molecule has 0 saturated carbocycles. The van der Waals surface area contributed by atoms with Crippen LogP contribution < -0.4 is 5.63 Å². The summed E-state index contributed by atoms with van der Waals surface area (Å²) >= 11 is 6.21. The summed E-state index contributed by atoms with van der Waals surface area (Å²) in [7, 11) is 0. The molecule has 0 aliphatic carbocycles. The highest BCUT2D eigenvalue weighted by Gasteiger charge is 2.16. The third kappa shape index (κ3) is 3.31. The number of rotatable bonds is 4. The minimum atomic E-state index is -0.549. The highest BCUT2D eigenvalue weighted by Crippen LogP contribution is 2.32. The van der Waals surface area contributed by atoms with E-state index in [1.165, 1.54) is 6.07 Å². The maximum Gasteiger partial charge on any atom is 0.336 e. The lowest BCUT2D eigenvalue weighted by atomic mass is 10.1. The maximum atomic E-state index is 11.9. The Labute approximate surface area is 158 Å². The number of carbonyl (C=O) groups is 1. The minimum Gasteiger partial charge on any atom is -0.466 e. The van der Waals surface area contributed by atoms with Gasteiger partial charge in [-0.05, 0) is 30.7 Å². The van der Waals surface area contributed by atoms with Gasteiger partial charge in [-0.2, -0.15) is 0 Å². The van der Waals surface area contributed by atoms with Crippen molar-refractivity contribution in [2.75, 3.05) is 6.61 Å². The van der Waals surface area contributed by atoms with Gasteiger partial charge in [0.05, 0.1) is 23.6 Å². The van der Waals surface area contributed by atoms with E-state index in [9.17, 15) is 9.59 Å². The lowest BCUT2D eigenvalue weighted by Crippen LogP contribution is -2.10. The lowest BCUT2D eigenvalue weighted by molar-refractivity contribution is -0.142. The van der Waals surface area contributed by atoms with Crippen molar-refractivity contribution in [2.45, 2.75) is 13.3 Å². The van der Waals surface area contributed by atoms with Crippen molar-refractivity contribution in [1.82, 2.24) is 4.98 Å². The smallest absolute Gasteiger partial charge is 0.336 e. The monoisotopic (exact) mass is 383 g/mol. The Bertz CT molecular complexity index is 1220. The van der Waals surface area contributed by atoms with Gasteiger partial charge in [0.2, 0.25) is 5.89 Å². The van der Waals surface area contributed by atoms with Gasteiger partial charge in [0.15, 0.2) is 5.58 Å². The molecular formula is C20H14ClNO5. The molecule has 0 N–H and O–H groups in total. The Morgan fingerprint density at radius 2 is 1.96 bits per heavy atom. The molecule has 0 aliphatic heterocycles. The summed E-state index contributed by atoms with van der Waals surface area (Å²) in [5.74, 6) is -0.0541. The van der Waals surface area contributed by atoms with Gasteiger partial charge in [-0.15, -0.1) is 0 Å². The standard InChI is InChI=1S/C20H14ClNO5/c1-2-25-18(23)7-11-8-19(24)26-16-10-17-15(9-13(11)16)22-20(27-17)12-5-3-4-6-14(12)21/h3-6,8-10H,2,7H2,1H3. The molecule has 0 atom stereocenters. The fourth-order valence-corrected chi connectivity index (χ4v) is 3.13. The zero-order valence-corrected chi connectivity index (χ0v) is 15.1. The van der Waals surface area contributed by atoms with Crippen LogP contribution in [0.3, 0.4) is 0 Å². The van der Waals surface area contributed by atoms with Crippen molar-refractivity contribution in [1.29, 1.82) is 0 Å². The molecule has 0 bridgehead atoms. The van der Waals surface area contributed by atoms with Gasteiger partial charge in [-0.25, -0.2) is 9.78 Å². The number of carbonyl (C=O) groups excluding carboxylic acids is 1. The number of hydrogen-bond donors (Lipinski definition) is 0. The first-order valence-corrected chi connectivity index (χ1v) is 8.71. The first-order chi connectivity index (χ1) is 13.0. The Kier molecular flexibility index (Phi) is 4.41. The number of fused-ring (bicyclic) bond motifs is 2. The molecule has 6 nitrogen and oxygen atoms in total. The Balaban J connectivity index is 1.88. The molecule has 2 aromatic heterocycles. The number of esters is 1. The summed E-state index contributed by atoms with van der Waals surface area (Å²) in [6, 6.07) is 11.8. The molecule has 0 radical (unpaired) electrons. The normalized spacial score (nSPS) is 11.2. The molecule has 136 valence electrons. The van der Waals surface area contributed by atoms with Gasteiger partial charge in [0, 0.05) is 17.5 Å². The Morgan fingerprint density at radius 1 is 1.15 bits per heavy atom. The van der Waals surface area contributed by atoms with Crippen LogP contribution >= 0.6 is 11.6 Å². The van der Waals surface area contributed by atoms with E-state index in [1.54, 1.807) is 31.2 Å². The van der Waals surface area contributed by atoms with Gasteiger partial charge >= 0.3 is 11.6 Å². The molecule has 4 rings (SSSR count). The molecule has 7 heteroatoms. The number of ether oxygens (including phenoxy) is 1. The third-order valence-electron chi connectivity index (χ3n) is 4.08. The van der Waals surface area contributed by atoms with Crippen LogP contribution in [0.25, 0.3) is 33.5 Å². The molecule has 27 heavy (non-hydrogen) atoms. The zero-order chi connectivity index (χ0) is 19.0. The summed E-state index contributed by atoms with van der Waals surface area (Å²) in [5, 5.41) is 1.12. The van der Waals surface area contributed by atoms with Crippen molar-refractivity contribution in [3.05, 3.63) is 63.5 Å². The average molecular weight is 384 g/mol. The maximum absolute atomic E-state index is 11.9. The minimum absolute atomic E-state index is 0.0311. The third-order valence-corrected chi connectivity index (χ3v) is 4.41. The van der Waals surface area contributed by atoms with E-state index in [2.05, 4.69) is 4.98 Å². The zero-order valence-electron chi connectivity index (χ0n) is 14.3. The predicted molar refractivity (Wildman–Crippen MR) is 101 cm³/mol. The second-order valence-corrected chi connectivity index (χ2v) is 6.29. The fraction of sp³-hybridized carbons (Fsp3) is 0.150. The highest BCUT2D eigenvalue weighted by molar-refractivity contribution is 6.33. The van der Waals surface area contributed by atoms with Crippen LogP contribution in [0.5, 0.6) is 0 Å². The van der Waals surface area contributed by atoms with E-state index in [-0.39, 0.29) is 13.0 Å². The molecule has 0 amide bonds. The van der Waals surface area contributed by atoms with Gasteiger partial charge in [0.1, 0.15) is 11.1 Å². The number of aromatic nitrogens is 1. The van der Waals surface area contributed by atoms with Gasteiger partial charge in [0.25, 0.3) is 0 Å². The van der Waals surface area contributed by atoms with Gasteiger partial charge in [-0.3, -0.25) is 4.79 Å². The van der Waals surface area contributed by atoms with E-state index in [0.717, 1.165) is 0 Å². The second kappa shape index (κ2) is 6.89. The number of hydrogen-bond acceptors (Lipinski definition) is 6. The molecule has 4 aromatic rings. The number of benzene rings is 2. The van der Waals surface area contributed by atoms with Gasteiger partial charge < -0.3 is 13.6 Å². The molecule has 2 aromatic carbocycles. The fourth-order valence-electron chi connectivity index (χ4n) is 2.91. The second-order valence-electron chi connectivity index (χ2n) is 5.89. The topological polar surface area (TPSA) is 82.5 Å². The average Bonchev–Trinajstić information content (AvgIpc) is 3.03. The van der Waals surface area contributed by atoms with E-state index >= 15 is 0 Å². The van der Waals surface area contributed by atoms with E-state index in [4.69, 9.17) is 25.2 Å². The van der Waals surface area contributed by atoms with Crippen molar-refractivity contribution in [2.24, 2.45) is 0 Å². The Morgan fingerprint density at radius 3 is 2.74 bits per heavy atom. The van der Waals surface area contributed by atoms with E-state index in [0.29, 0.717) is 44.1 Å². The highest BCUT2D eigenvalue weighted by atomic mass is 35.5. The lowest BCUT2D eigenvalue weighted by Gasteiger charge is -2.05. The van der Waals surface area contributed by atoms with Crippen molar-refractivity contribution < 1.29 is 18.4 Å². The summed E-state index contributed by atoms with van der Waals surface area (Å²) in [4.78, 5) is 28.2. The van der Waals surface area contributed by atoms with Crippen LogP contribution in [0.15, 0.2) is 56.1 Å². The largest absolute Gasteiger partial charge is 0.466 e. The van der Waals surface area contributed by atoms with Crippen LogP contribution in [0.2, 0.25) is 5.02 Å².